The standard InChI is InChI=1S/C20H19N5O5/c1-29-16-9-12(6-7-13(16)19(28)30-2)23-17-10-15(14-5-3-4-8-21-14)24-20(25-17)22-11-18(26)27/h3-10H,11H2,1-2H3,(H,26,27)(H2,22,23,24,25). The van der Waals surface area contributed by atoms with Gasteiger partial charge in [-0.15, -0.1) is 0 Å². The van der Waals surface area contributed by atoms with Gasteiger partial charge in [0.2, 0.25) is 5.95 Å². The summed E-state index contributed by atoms with van der Waals surface area (Å²) in [7, 11) is 2.74. The van der Waals surface area contributed by atoms with Gasteiger partial charge in [-0.25, -0.2) is 9.78 Å². The fourth-order valence-corrected chi connectivity index (χ4v) is 2.59. The van der Waals surface area contributed by atoms with Crippen molar-refractivity contribution in [2.75, 3.05) is 31.4 Å². The summed E-state index contributed by atoms with van der Waals surface area (Å²) in [4.78, 5) is 35.6. The van der Waals surface area contributed by atoms with E-state index in [2.05, 4.69) is 25.6 Å². The summed E-state index contributed by atoms with van der Waals surface area (Å²) in [6.07, 6.45) is 1.63. The lowest BCUT2D eigenvalue weighted by Crippen LogP contribution is -2.15. The molecule has 0 aliphatic rings. The largest absolute Gasteiger partial charge is 0.496 e. The van der Waals surface area contributed by atoms with E-state index in [0.29, 0.717) is 28.6 Å². The van der Waals surface area contributed by atoms with Crippen LogP contribution in [0.3, 0.4) is 0 Å². The predicted octanol–water partition coefficient (Wildman–Crippen LogP) is 2.57. The van der Waals surface area contributed by atoms with Gasteiger partial charge in [0.25, 0.3) is 0 Å². The third kappa shape index (κ3) is 4.98. The maximum Gasteiger partial charge on any atom is 0.341 e. The Morgan fingerprint density at radius 1 is 1.07 bits per heavy atom. The number of ether oxygens (including phenoxy) is 2. The molecule has 0 amide bonds. The summed E-state index contributed by atoms with van der Waals surface area (Å²) in [5.41, 5.74) is 1.97. The number of benzene rings is 1. The van der Waals surface area contributed by atoms with Gasteiger partial charge in [-0.3, -0.25) is 9.78 Å². The summed E-state index contributed by atoms with van der Waals surface area (Å²) in [6, 6.07) is 11.9. The zero-order chi connectivity index (χ0) is 21.5. The van der Waals surface area contributed by atoms with Crippen LogP contribution in [0.5, 0.6) is 5.75 Å². The first-order valence-electron chi connectivity index (χ1n) is 8.79. The van der Waals surface area contributed by atoms with Crippen LogP contribution < -0.4 is 15.4 Å². The Morgan fingerprint density at radius 2 is 1.90 bits per heavy atom. The monoisotopic (exact) mass is 409 g/mol. The molecule has 0 saturated carbocycles. The number of pyridine rings is 1. The molecule has 154 valence electrons. The van der Waals surface area contributed by atoms with Crippen LogP contribution in [0.4, 0.5) is 17.5 Å². The van der Waals surface area contributed by atoms with Gasteiger partial charge >= 0.3 is 11.9 Å². The molecule has 0 radical (unpaired) electrons. The second-order valence-corrected chi connectivity index (χ2v) is 5.96. The van der Waals surface area contributed by atoms with Crippen LogP contribution in [0.1, 0.15) is 10.4 Å². The highest BCUT2D eigenvalue weighted by molar-refractivity contribution is 5.93. The molecular formula is C20H19N5O5. The molecule has 2 heterocycles. The number of carbonyl (C=O) groups excluding carboxylic acids is 1. The van der Waals surface area contributed by atoms with Crippen molar-refractivity contribution in [1.82, 2.24) is 15.0 Å². The Bertz CT molecular complexity index is 1060. The summed E-state index contributed by atoms with van der Waals surface area (Å²) in [5.74, 6) is -0.708. The van der Waals surface area contributed by atoms with E-state index >= 15 is 0 Å². The number of methoxy groups -OCH3 is 2. The highest BCUT2D eigenvalue weighted by atomic mass is 16.5. The summed E-state index contributed by atoms with van der Waals surface area (Å²) >= 11 is 0. The average molecular weight is 409 g/mol. The minimum atomic E-state index is -1.04. The van der Waals surface area contributed by atoms with Crippen LogP contribution in [-0.2, 0) is 9.53 Å². The molecule has 0 aliphatic carbocycles. The molecule has 0 aliphatic heterocycles. The molecule has 10 nitrogen and oxygen atoms in total. The van der Waals surface area contributed by atoms with Gasteiger partial charge in [0.15, 0.2) is 0 Å². The second-order valence-electron chi connectivity index (χ2n) is 5.96. The minimum Gasteiger partial charge on any atom is -0.496 e. The van der Waals surface area contributed by atoms with Crippen molar-refractivity contribution in [3.8, 4) is 17.1 Å². The Balaban J connectivity index is 1.95. The molecule has 0 fully saturated rings. The Morgan fingerprint density at radius 3 is 2.57 bits per heavy atom. The van der Waals surface area contributed by atoms with E-state index in [1.165, 1.54) is 14.2 Å². The highest BCUT2D eigenvalue weighted by Crippen LogP contribution is 2.27. The van der Waals surface area contributed by atoms with E-state index in [1.54, 1.807) is 42.6 Å². The van der Waals surface area contributed by atoms with E-state index in [-0.39, 0.29) is 18.1 Å². The van der Waals surface area contributed by atoms with E-state index < -0.39 is 11.9 Å². The SMILES string of the molecule is COC(=O)c1ccc(Nc2cc(-c3ccccn3)nc(NCC(=O)O)n2)cc1OC. The van der Waals surface area contributed by atoms with Crippen LogP contribution in [-0.4, -0.2) is 52.8 Å². The number of carboxylic acid groups (broad SMARTS) is 1. The summed E-state index contributed by atoms with van der Waals surface area (Å²) < 4.78 is 10.0. The summed E-state index contributed by atoms with van der Waals surface area (Å²) in [5, 5.41) is 14.7. The molecule has 2 aromatic heterocycles. The number of anilines is 3. The van der Waals surface area contributed by atoms with Crippen molar-refractivity contribution in [3.05, 3.63) is 54.2 Å². The number of hydrogen-bond donors (Lipinski definition) is 3. The van der Waals surface area contributed by atoms with Gasteiger partial charge in [0.05, 0.1) is 25.6 Å². The first-order valence-corrected chi connectivity index (χ1v) is 8.79. The number of aromatic nitrogens is 3. The number of carbonyl (C=O) groups is 2. The first-order chi connectivity index (χ1) is 14.5. The zero-order valence-electron chi connectivity index (χ0n) is 16.2. The third-order valence-corrected chi connectivity index (χ3v) is 3.93. The molecule has 0 bridgehead atoms. The topological polar surface area (TPSA) is 136 Å². The molecule has 0 spiro atoms. The smallest absolute Gasteiger partial charge is 0.341 e. The van der Waals surface area contributed by atoms with E-state index in [9.17, 15) is 9.59 Å². The fourth-order valence-electron chi connectivity index (χ4n) is 2.59. The van der Waals surface area contributed by atoms with Gasteiger partial charge in [-0.2, -0.15) is 4.98 Å². The van der Waals surface area contributed by atoms with Gasteiger partial charge in [-0.1, -0.05) is 6.07 Å². The Kier molecular flexibility index (Phi) is 6.38. The molecule has 3 rings (SSSR count). The molecule has 1 aromatic carbocycles. The van der Waals surface area contributed by atoms with Crippen molar-refractivity contribution in [3.63, 3.8) is 0 Å². The second kappa shape index (κ2) is 9.32. The van der Waals surface area contributed by atoms with Crippen LogP contribution >= 0.6 is 0 Å². The summed E-state index contributed by atoms with van der Waals surface area (Å²) in [6.45, 7) is -0.341. The third-order valence-electron chi connectivity index (χ3n) is 3.93. The normalized spacial score (nSPS) is 10.2. The first kappa shape index (κ1) is 20.5. The van der Waals surface area contributed by atoms with E-state index in [0.717, 1.165) is 0 Å². The number of nitrogens with one attached hydrogen (secondary N) is 2. The van der Waals surface area contributed by atoms with Crippen molar-refractivity contribution < 1.29 is 24.2 Å². The Labute approximate surface area is 171 Å². The van der Waals surface area contributed by atoms with Gasteiger partial charge < -0.3 is 25.2 Å². The van der Waals surface area contributed by atoms with Crippen LogP contribution in [0.25, 0.3) is 11.4 Å². The molecule has 3 N–H and O–H groups in total. The van der Waals surface area contributed by atoms with E-state index in [1.807, 2.05) is 6.07 Å². The minimum absolute atomic E-state index is 0.126. The lowest BCUT2D eigenvalue weighted by Gasteiger charge is -2.12. The van der Waals surface area contributed by atoms with Crippen molar-refractivity contribution in [2.45, 2.75) is 0 Å². The van der Waals surface area contributed by atoms with Gasteiger partial charge in [-0.05, 0) is 24.3 Å². The molecule has 0 saturated heterocycles. The molecule has 0 atom stereocenters. The molecule has 30 heavy (non-hydrogen) atoms. The van der Waals surface area contributed by atoms with E-state index in [4.69, 9.17) is 14.6 Å². The molecule has 3 aromatic rings. The van der Waals surface area contributed by atoms with Crippen molar-refractivity contribution in [1.29, 1.82) is 0 Å². The number of aliphatic carboxylic acids is 1. The molecular weight excluding hydrogens is 390 g/mol. The maximum atomic E-state index is 11.8. The van der Waals surface area contributed by atoms with Gasteiger partial charge in [0.1, 0.15) is 23.7 Å². The Hall–Kier alpha value is -4.21. The number of carboxylic acids is 1. The zero-order valence-corrected chi connectivity index (χ0v) is 16.2. The number of hydrogen-bond acceptors (Lipinski definition) is 9. The number of nitrogens with zero attached hydrogens (tertiary/aromatic N) is 3. The van der Waals surface area contributed by atoms with Gasteiger partial charge in [0, 0.05) is 24.0 Å². The number of esters is 1. The van der Waals surface area contributed by atoms with Crippen molar-refractivity contribution >= 4 is 29.4 Å². The van der Waals surface area contributed by atoms with Crippen LogP contribution in [0.2, 0.25) is 0 Å². The molecule has 0 unspecified atom stereocenters. The lowest BCUT2D eigenvalue weighted by molar-refractivity contribution is -0.134. The highest BCUT2D eigenvalue weighted by Gasteiger charge is 2.14. The van der Waals surface area contributed by atoms with Crippen LogP contribution in [0, 0.1) is 0 Å². The number of rotatable bonds is 8. The lowest BCUT2D eigenvalue weighted by atomic mass is 10.1. The average Bonchev–Trinajstić information content (AvgIpc) is 2.77. The quantitative estimate of drug-likeness (QED) is 0.476. The van der Waals surface area contributed by atoms with Crippen LogP contribution in [0.15, 0.2) is 48.7 Å². The van der Waals surface area contributed by atoms with Crippen molar-refractivity contribution in [2.24, 2.45) is 0 Å². The maximum absolute atomic E-state index is 11.8. The fraction of sp³-hybridized carbons (Fsp3) is 0.150. The predicted molar refractivity (Wildman–Crippen MR) is 109 cm³/mol. The molecule has 10 heteroatoms.